The third-order valence-electron chi connectivity index (χ3n) is 3.47. The minimum Gasteiger partial charge on any atom is -0.378 e. The van der Waals surface area contributed by atoms with Gasteiger partial charge < -0.3 is 15.2 Å². The number of Topliss-reactive ketones (excluding diaryl/α,β-unsaturated/α-hetero) is 1. The number of ketones is 1. The van der Waals surface area contributed by atoms with Gasteiger partial charge in [-0.3, -0.25) is 4.79 Å². The molecule has 0 spiro atoms. The SMILES string of the molecule is NCC1CCC(C(=O)CCC2CCCO2)O1. The highest BCUT2D eigenvalue weighted by molar-refractivity contribution is 5.83. The summed E-state index contributed by atoms with van der Waals surface area (Å²) in [6.07, 6.45) is 5.64. The highest BCUT2D eigenvalue weighted by Gasteiger charge is 2.30. The Kier molecular flexibility index (Phi) is 4.32. The lowest BCUT2D eigenvalue weighted by atomic mass is 10.0. The van der Waals surface area contributed by atoms with E-state index in [1.807, 2.05) is 0 Å². The summed E-state index contributed by atoms with van der Waals surface area (Å²) >= 11 is 0. The van der Waals surface area contributed by atoms with Crippen LogP contribution in [0.5, 0.6) is 0 Å². The molecule has 0 aromatic heterocycles. The van der Waals surface area contributed by atoms with Gasteiger partial charge in [0.15, 0.2) is 5.78 Å². The molecule has 3 unspecified atom stereocenters. The predicted molar refractivity (Wildman–Crippen MR) is 60.2 cm³/mol. The minimum absolute atomic E-state index is 0.0941. The lowest BCUT2D eigenvalue weighted by Crippen LogP contribution is -2.25. The molecule has 92 valence electrons. The predicted octanol–water partition coefficient (Wildman–Crippen LogP) is 1.02. The normalized spacial score (nSPS) is 34.4. The van der Waals surface area contributed by atoms with Crippen LogP contribution in [0.15, 0.2) is 0 Å². The van der Waals surface area contributed by atoms with Gasteiger partial charge >= 0.3 is 0 Å². The molecule has 0 saturated carbocycles. The zero-order valence-electron chi connectivity index (χ0n) is 9.69. The van der Waals surface area contributed by atoms with Crippen LogP contribution in [0, 0.1) is 0 Å². The van der Waals surface area contributed by atoms with Gasteiger partial charge in [-0.15, -0.1) is 0 Å². The van der Waals surface area contributed by atoms with Gasteiger partial charge in [-0.25, -0.2) is 0 Å². The topological polar surface area (TPSA) is 61.6 Å². The summed E-state index contributed by atoms with van der Waals surface area (Å²) in [6, 6.07) is 0. The first-order valence-electron chi connectivity index (χ1n) is 6.29. The second kappa shape index (κ2) is 5.75. The molecule has 2 rings (SSSR count). The van der Waals surface area contributed by atoms with E-state index in [0.717, 1.165) is 38.7 Å². The fourth-order valence-electron chi connectivity index (χ4n) is 2.45. The molecular weight excluding hydrogens is 206 g/mol. The van der Waals surface area contributed by atoms with Crippen molar-refractivity contribution in [2.75, 3.05) is 13.2 Å². The van der Waals surface area contributed by atoms with Gasteiger partial charge in [0.25, 0.3) is 0 Å². The Morgan fingerprint density at radius 3 is 2.75 bits per heavy atom. The molecule has 0 aromatic carbocycles. The average molecular weight is 227 g/mol. The van der Waals surface area contributed by atoms with Crippen LogP contribution in [0.2, 0.25) is 0 Å². The van der Waals surface area contributed by atoms with Crippen molar-refractivity contribution in [3.8, 4) is 0 Å². The van der Waals surface area contributed by atoms with E-state index < -0.39 is 0 Å². The Morgan fingerprint density at radius 2 is 2.12 bits per heavy atom. The summed E-state index contributed by atoms with van der Waals surface area (Å²) in [7, 11) is 0. The Labute approximate surface area is 96.5 Å². The van der Waals surface area contributed by atoms with E-state index in [4.69, 9.17) is 15.2 Å². The van der Waals surface area contributed by atoms with Crippen LogP contribution in [-0.2, 0) is 14.3 Å². The van der Waals surface area contributed by atoms with Crippen LogP contribution < -0.4 is 5.73 Å². The van der Waals surface area contributed by atoms with Crippen LogP contribution in [0.1, 0.15) is 38.5 Å². The molecule has 0 amide bonds. The molecule has 2 fully saturated rings. The summed E-state index contributed by atoms with van der Waals surface area (Å²) in [5, 5.41) is 0. The molecule has 4 heteroatoms. The molecule has 0 bridgehead atoms. The van der Waals surface area contributed by atoms with E-state index in [2.05, 4.69) is 0 Å². The van der Waals surface area contributed by atoms with Gasteiger partial charge in [0.05, 0.1) is 12.2 Å². The average Bonchev–Trinajstić information content (AvgIpc) is 2.96. The molecule has 16 heavy (non-hydrogen) atoms. The fourth-order valence-corrected chi connectivity index (χ4v) is 2.45. The van der Waals surface area contributed by atoms with Crippen molar-refractivity contribution in [3.63, 3.8) is 0 Å². The molecule has 0 radical (unpaired) electrons. The quantitative estimate of drug-likeness (QED) is 0.761. The van der Waals surface area contributed by atoms with Crippen molar-refractivity contribution in [1.82, 2.24) is 0 Å². The zero-order valence-corrected chi connectivity index (χ0v) is 9.69. The first kappa shape index (κ1) is 12.0. The Hall–Kier alpha value is -0.450. The summed E-state index contributed by atoms with van der Waals surface area (Å²) < 4.78 is 11.1. The number of hydrogen-bond acceptors (Lipinski definition) is 4. The molecule has 2 heterocycles. The van der Waals surface area contributed by atoms with Crippen LogP contribution in [-0.4, -0.2) is 37.2 Å². The maximum Gasteiger partial charge on any atom is 0.161 e. The molecule has 0 aliphatic carbocycles. The van der Waals surface area contributed by atoms with Gasteiger partial charge in [-0.2, -0.15) is 0 Å². The number of ether oxygens (including phenoxy) is 2. The monoisotopic (exact) mass is 227 g/mol. The van der Waals surface area contributed by atoms with Crippen molar-refractivity contribution in [2.45, 2.75) is 56.8 Å². The van der Waals surface area contributed by atoms with Crippen molar-refractivity contribution in [1.29, 1.82) is 0 Å². The van der Waals surface area contributed by atoms with Crippen molar-refractivity contribution < 1.29 is 14.3 Å². The van der Waals surface area contributed by atoms with Gasteiger partial charge in [0.1, 0.15) is 6.10 Å². The van der Waals surface area contributed by atoms with Crippen LogP contribution in [0.3, 0.4) is 0 Å². The number of rotatable bonds is 5. The largest absolute Gasteiger partial charge is 0.378 e. The summed E-state index contributed by atoms with van der Waals surface area (Å²) in [4.78, 5) is 11.8. The second-order valence-electron chi connectivity index (χ2n) is 4.70. The zero-order chi connectivity index (χ0) is 11.4. The Balaban J connectivity index is 1.67. The number of hydrogen-bond donors (Lipinski definition) is 1. The van der Waals surface area contributed by atoms with Crippen molar-refractivity contribution in [3.05, 3.63) is 0 Å². The van der Waals surface area contributed by atoms with Gasteiger partial charge in [0.2, 0.25) is 0 Å². The van der Waals surface area contributed by atoms with E-state index in [1.54, 1.807) is 0 Å². The summed E-state index contributed by atoms with van der Waals surface area (Å²) in [5.41, 5.74) is 5.51. The molecule has 4 nitrogen and oxygen atoms in total. The standard InChI is InChI=1S/C12H21NO3/c13-8-10-4-6-12(16-10)11(14)5-3-9-2-1-7-15-9/h9-10,12H,1-8,13H2. The fraction of sp³-hybridized carbons (Fsp3) is 0.917. The van der Waals surface area contributed by atoms with Crippen LogP contribution in [0.4, 0.5) is 0 Å². The van der Waals surface area contributed by atoms with Crippen molar-refractivity contribution >= 4 is 5.78 Å². The number of carbonyl (C=O) groups excluding carboxylic acids is 1. The second-order valence-corrected chi connectivity index (χ2v) is 4.70. The molecule has 2 saturated heterocycles. The minimum atomic E-state index is -0.199. The highest BCUT2D eigenvalue weighted by atomic mass is 16.5. The maximum absolute atomic E-state index is 11.8. The maximum atomic E-state index is 11.8. The van der Waals surface area contributed by atoms with Gasteiger partial charge in [-0.05, 0) is 32.1 Å². The highest BCUT2D eigenvalue weighted by Crippen LogP contribution is 2.23. The van der Waals surface area contributed by atoms with E-state index in [0.29, 0.717) is 19.1 Å². The first-order chi connectivity index (χ1) is 7.79. The Morgan fingerprint density at radius 1 is 1.25 bits per heavy atom. The molecule has 0 aromatic rings. The molecular formula is C12H21NO3. The van der Waals surface area contributed by atoms with E-state index in [9.17, 15) is 4.79 Å². The molecule has 2 N–H and O–H groups in total. The number of nitrogens with two attached hydrogens (primary N) is 1. The number of carbonyl (C=O) groups is 1. The van der Waals surface area contributed by atoms with E-state index in [1.165, 1.54) is 0 Å². The van der Waals surface area contributed by atoms with Gasteiger partial charge in [-0.1, -0.05) is 0 Å². The lowest BCUT2D eigenvalue weighted by Gasteiger charge is -2.13. The Bertz CT molecular complexity index is 238. The molecule has 2 aliphatic heterocycles. The summed E-state index contributed by atoms with van der Waals surface area (Å²) in [6.45, 7) is 1.38. The van der Waals surface area contributed by atoms with Gasteiger partial charge in [0, 0.05) is 19.6 Å². The van der Waals surface area contributed by atoms with Crippen LogP contribution >= 0.6 is 0 Å². The lowest BCUT2D eigenvalue weighted by molar-refractivity contribution is -0.130. The van der Waals surface area contributed by atoms with E-state index in [-0.39, 0.29) is 18.0 Å². The van der Waals surface area contributed by atoms with Crippen LogP contribution in [0.25, 0.3) is 0 Å². The smallest absolute Gasteiger partial charge is 0.161 e. The summed E-state index contributed by atoms with van der Waals surface area (Å²) in [5.74, 6) is 0.228. The third-order valence-corrected chi connectivity index (χ3v) is 3.47. The van der Waals surface area contributed by atoms with Crippen molar-refractivity contribution in [2.24, 2.45) is 5.73 Å². The first-order valence-corrected chi connectivity index (χ1v) is 6.29. The van der Waals surface area contributed by atoms with E-state index >= 15 is 0 Å². The molecule has 2 aliphatic rings. The molecule has 3 atom stereocenters. The third kappa shape index (κ3) is 3.03.